The van der Waals surface area contributed by atoms with Crippen molar-refractivity contribution < 1.29 is 14.7 Å². The molecular formula is C14H17NO3. The van der Waals surface area contributed by atoms with Crippen LogP contribution >= 0.6 is 0 Å². The molecule has 1 aliphatic rings. The van der Waals surface area contributed by atoms with E-state index in [1.165, 1.54) is 16.0 Å². The zero-order valence-electron chi connectivity index (χ0n) is 10.6. The highest BCUT2D eigenvalue weighted by Crippen LogP contribution is 2.49. The summed E-state index contributed by atoms with van der Waals surface area (Å²) in [6, 6.07) is 8.04. The Kier molecular flexibility index (Phi) is 3.36. The highest BCUT2D eigenvalue weighted by atomic mass is 16.4. The van der Waals surface area contributed by atoms with Crippen LogP contribution in [0.15, 0.2) is 24.3 Å². The molecule has 1 amide bonds. The van der Waals surface area contributed by atoms with Crippen LogP contribution in [0.5, 0.6) is 0 Å². The smallest absolute Gasteiger partial charge is 0.323 e. The number of hydrogen-bond donors (Lipinski definition) is 1. The zero-order chi connectivity index (χ0) is 13.3. The summed E-state index contributed by atoms with van der Waals surface area (Å²) < 4.78 is 0. The van der Waals surface area contributed by atoms with Crippen molar-refractivity contribution in [3.05, 3.63) is 35.4 Å². The van der Waals surface area contributed by atoms with Crippen LogP contribution in [0.1, 0.15) is 23.5 Å². The third kappa shape index (κ3) is 2.53. The van der Waals surface area contributed by atoms with Crippen LogP contribution in [0, 0.1) is 12.8 Å². The number of carboxylic acid groups (broad SMARTS) is 1. The van der Waals surface area contributed by atoms with E-state index in [0.29, 0.717) is 0 Å². The van der Waals surface area contributed by atoms with Crippen LogP contribution in [-0.2, 0) is 9.59 Å². The number of nitrogens with zero attached hydrogens (tertiary/aromatic N) is 1. The van der Waals surface area contributed by atoms with Gasteiger partial charge >= 0.3 is 5.97 Å². The minimum absolute atomic E-state index is 0.0459. The molecule has 4 heteroatoms. The summed E-state index contributed by atoms with van der Waals surface area (Å²) in [4.78, 5) is 23.9. The van der Waals surface area contributed by atoms with E-state index in [2.05, 4.69) is 0 Å². The Morgan fingerprint density at radius 2 is 2.06 bits per heavy atom. The molecule has 0 radical (unpaired) electrons. The molecule has 2 unspecified atom stereocenters. The zero-order valence-corrected chi connectivity index (χ0v) is 10.6. The Morgan fingerprint density at radius 3 is 2.67 bits per heavy atom. The third-order valence-electron chi connectivity index (χ3n) is 3.44. The summed E-state index contributed by atoms with van der Waals surface area (Å²) in [5.41, 5.74) is 2.40. The number of benzene rings is 1. The van der Waals surface area contributed by atoms with Gasteiger partial charge in [0.1, 0.15) is 6.54 Å². The van der Waals surface area contributed by atoms with Crippen LogP contribution in [0.25, 0.3) is 0 Å². The molecule has 1 aromatic rings. The maximum Gasteiger partial charge on any atom is 0.323 e. The van der Waals surface area contributed by atoms with Crippen molar-refractivity contribution in [3.63, 3.8) is 0 Å². The molecule has 1 N–H and O–H groups in total. The molecule has 1 aromatic carbocycles. The topological polar surface area (TPSA) is 57.6 Å². The average molecular weight is 247 g/mol. The number of carbonyl (C=O) groups excluding carboxylic acids is 1. The van der Waals surface area contributed by atoms with Crippen molar-refractivity contribution in [2.45, 2.75) is 19.3 Å². The second-order valence-electron chi connectivity index (χ2n) is 4.89. The first-order chi connectivity index (χ1) is 8.50. The average Bonchev–Trinajstić information content (AvgIpc) is 3.07. The largest absolute Gasteiger partial charge is 0.480 e. The molecule has 1 saturated carbocycles. The number of carbonyl (C=O) groups is 2. The van der Waals surface area contributed by atoms with Crippen LogP contribution < -0.4 is 0 Å². The molecule has 1 fully saturated rings. The molecule has 0 aliphatic heterocycles. The van der Waals surface area contributed by atoms with E-state index in [1.54, 1.807) is 7.05 Å². The van der Waals surface area contributed by atoms with Gasteiger partial charge in [0.2, 0.25) is 5.91 Å². The van der Waals surface area contributed by atoms with Crippen LogP contribution in [-0.4, -0.2) is 35.5 Å². The summed E-state index contributed by atoms with van der Waals surface area (Å²) in [6.07, 6.45) is 0.827. The fraction of sp³-hybridized carbons (Fsp3) is 0.429. The van der Waals surface area contributed by atoms with Gasteiger partial charge in [-0.15, -0.1) is 0 Å². The Morgan fingerprint density at radius 1 is 1.39 bits per heavy atom. The van der Waals surface area contributed by atoms with E-state index in [9.17, 15) is 9.59 Å². The summed E-state index contributed by atoms with van der Waals surface area (Å²) in [7, 11) is 1.55. The molecule has 2 atom stereocenters. The van der Waals surface area contributed by atoms with Gasteiger partial charge in [0.25, 0.3) is 0 Å². The molecule has 0 saturated heterocycles. The fourth-order valence-corrected chi connectivity index (χ4v) is 2.38. The molecule has 0 bridgehead atoms. The lowest BCUT2D eigenvalue weighted by molar-refractivity contribution is -0.144. The van der Waals surface area contributed by atoms with Gasteiger partial charge in [-0.25, -0.2) is 0 Å². The predicted octanol–water partition coefficient (Wildman–Crippen LogP) is 1.64. The minimum atomic E-state index is -0.973. The van der Waals surface area contributed by atoms with E-state index in [-0.39, 0.29) is 24.3 Å². The van der Waals surface area contributed by atoms with E-state index in [4.69, 9.17) is 5.11 Å². The molecular weight excluding hydrogens is 230 g/mol. The summed E-state index contributed by atoms with van der Waals surface area (Å²) in [6.45, 7) is 1.81. The molecule has 1 aliphatic carbocycles. The lowest BCUT2D eigenvalue weighted by atomic mass is 10.0. The highest BCUT2D eigenvalue weighted by molar-refractivity contribution is 5.86. The number of amides is 1. The SMILES string of the molecule is Cc1ccccc1C1CC1C(=O)N(C)CC(=O)O. The molecule has 0 aromatic heterocycles. The monoisotopic (exact) mass is 247 g/mol. The lowest BCUT2D eigenvalue weighted by Gasteiger charge is -2.14. The van der Waals surface area contributed by atoms with Gasteiger partial charge in [-0.2, -0.15) is 0 Å². The number of aliphatic carboxylic acids is 1. The third-order valence-corrected chi connectivity index (χ3v) is 3.44. The van der Waals surface area contributed by atoms with Crippen LogP contribution in [0.3, 0.4) is 0 Å². The van der Waals surface area contributed by atoms with Gasteiger partial charge in [-0.1, -0.05) is 24.3 Å². The molecule has 0 spiro atoms. The maximum atomic E-state index is 12.0. The standard InChI is InChI=1S/C14H17NO3/c1-9-5-3-4-6-10(9)11-7-12(11)14(18)15(2)8-13(16)17/h3-6,11-12H,7-8H2,1-2H3,(H,16,17). The maximum absolute atomic E-state index is 12.0. The van der Waals surface area contributed by atoms with Crippen molar-refractivity contribution >= 4 is 11.9 Å². The first kappa shape index (κ1) is 12.6. The van der Waals surface area contributed by atoms with Crippen molar-refractivity contribution in [3.8, 4) is 0 Å². The van der Waals surface area contributed by atoms with Gasteiger partial charge < -0.3 is 10.0 Å². The Hall–Kier alpha value is -1.84. The number of rotatable bonds is 4. The van der Waals surface area contributed by atoms with Crippen LogP contribution in [0.2, 0.25) is 0 Å². The molecule has 2 rings (SSSR count). The van der Waals surface area contributed by atoms with Gasteiger partial charge in [-0.05, 0) is 30.4 Å². The van der Waals surface area contributed by atoms with Crippen molar-refractivity contribution in [1.29, 1.82) is 0 Å². The van der Waals surface area contributed by atoms with E-state index in [1.807, 2.05) is 31.2 Å². The second kappa shape index (κ2) is 4.80. The highest BCUT2D eigenvalue weighted by Gasteiger charge is 2.45. The Labute approximate surface area is 106 Å². The lowest BCUT2D eigenvalue weighted by Crippen LogP contribution is -2.33. The molecule has 0 heterocycles. The number of likely N-dealkylation sites (N-methyl/N-ethyl adjacent to an activating group) is 1. The Balaban J connectivity index is 2.01. The van der Waals surface area contributed by atoms with E-state index in [0.717, 1.165) is 6.42 Å². The number of carboxylic acids is 1. The predicted molar refractivity (Wildman–Crippen MR) is 67.3 cm³/mol. The summed E-state index contributed by atoms with van der Waals surface area (Å²) >= 11 is 0. The van der Waals surface area contributed by atoms with Crippen LogP contribution in [0.4, 0.5) is 0 Å². The Bertz CT molecular complexity index is 484. The van der Waals surface area contributed by atoms with Crippen molar-refractivity contribution in [2.75, 3.05) is 13.6 Å². The molecule has 18 heavy (non-hydrogen) atoms. The quantitative estimate of drug-likeness (QED) is 0.880. The summed E-state index contributed by atoms with van der Waals surface area (Å²) in [5, 5.41) is 8.67. The minimum Gasteiger partial charge on any atom is -0.480 e. The fourth-order valence-electron chi connectivity index (χ4n) is 2.38. The van der Waals surface area contributed by atoms with Gasteiger partial charge in [0.15, 0.2) is 0 Å². The summed E-state index contributed by atoms with van der Waals surface area (Å²) in [5.74, 6) is -0.824. The van der Waals surface area contributed by atoms with Gasteiger partial charge in [0.05, 0.1) is 0 Å². The van der Waals surface area contributed by atoms with E-state index < -0.39 is 5.97 Å². The van der Waals surface area contributed by atoms with Gasteiger partial charge in [0, 0.05) is 13.0 Å². The normalized spacial score (nSPS) is 21.4. The van der Waals surface area contributed by atoms with E-state index >= 15 is 0 Å². The number of hydrogen-bond acceptors (Lipinski definition) is 2. The van der Waals surface area contributed by atoms with Crippen molar-refractivity contribution in [2.24, 2.45) is 5.92 Å². The first-order valence-corrected chi connectivity index (χ1v) is 6.03. The van der Waals surface area contributed by atoms with Gasteiger partial charge in [-0.3, -0.25) is 9.59 Å². The second-order valence-corrected chi connectivity index (χ2v) is 4.89. The molecule has 96 valence electrons. The van der Waals surface area contributed by atoms with Crippen molar-refractivity contribution in [1.82, 2.24) is 4.90 Å². The number of aryl methyl sites for hydroxylation is 1. The molecule has 4 nitrogen and oxygen atoms in total. The first-order valence-electron chi connectivity index (χ1n) is 6.03.